The van der Waals surface area contributed by atoms with Crippen molar-refractivity contribution in [2.24, 2.45) is 23.7 Å². The Hall–Kier alpha value is -2.82. The SMILES string of the molecule is O=C(CCCCN1CC2CCC(CC2)C1)c1ccc2c(c1)-c1ccc(C(=O)CCCCN3CC4CCC(CC4)C3)c3cccc-2c13. The minimum atomic E-state index is 0.255. The van der Waals surface area contributed by atoms with Gasteiger partial charge in [0.1, 0.15) is 0 Å². The van der Waals surface area contributed by atoms with Crippen LogP contribution in [0, 0.1) is 23.7 Å². The van der Waals surface area contributed by atoms with Crippen LogP contribution in [-0.2, 0) is 0 Å². The topological polar surface area (TPSA) is 40.6 Å². The Morgan fingerprint density at radius 2 is 1.07 bits per heavy atom. The van der Waals surface area contributed by atoms with E-state index in [1.54, 1.807) is 0 Å². The summed E-state index contributed by atoms with van der Waals surface area (Å²) < 4.78 is 0. The standard InChI is InChI=1S/C42H52N2O2/c45-40(8-1-3-22-43-25-29-10-11-30(26-43)13-12-29)33-18-19-34-36-6-5-7-37-35(20-21-38(42(36)37)39(34)24-33)41(46)9-2-4-23-44-27-31-14-15-32(28-44)17-16-31/h5-7,18-21,24,29-32H,1-4,8-17,22-23,25-28H2. The molecule has 4 nitrogen and oxygen atoms in total. The molecular weight excluding hydrogens is 564 g/mol. The van der Waals surface area contributed by atoms with E-state index in [0.717, 1.165) is 84.5 Å². The highest BCUT2D eigenvalue weighted by atomic mass is 16.1. The zero-order chi connectivity index (χ0) is 31.0. The second-order valence-corrected chi connectivity index (χ2v) is 15.7. The van der Waals surface area contributed by atoms with Crippen LogP contribution in [0.2, 0.25) is 0 Å². The molecule has 4 bridgehead atoms. The quantitative estimate of drug-likeness (QED) is 0.117. The molecule has 0 spiro atoms. The second kappa shape index (κ2) is 13.4. The van der Waals surface area contributed by atoms with E-state index in [4.69, 9.17) is 0 Å². The van der Waals surface area contributed by atoms with Crippen LogP contribution in [0.3, 0.4) is 0 Å². The third-order valence-corrected chi connectivity index (χ3v) is 12.5. The van der Waals surface area contributed by atoms with Gasteiger partial charge in [0.25, 0.3) is 0 Å². The van der Waals surface area contributed by atoms with Gasteiger partial charge in [0.05, 0.1) is 0 Å². The highest BCUT2D eigenvalue weighted by molar-refractivity contribution is 6.21. The Morgan fingerprint density at radius 3 is 1.65 bits per heavy atom. The number of hydrogen-bond donors (Lipinski definition) is 0. The molecule has 4 saturated heterocycles. The van der Waals surface area contributed by atoms with E-state index in [-0.39, 0.29) is 11.6 Å². The van der Waals surface area contributed by atoms with Crippen LogP contribution in [0.25, 0.3) is 33.0 Å². The normalized spacial score (nSPS) is 25.5. The third kappa shape index (κ3) is 6.24. The molecule has 4 heterocycles. The fraction of sp³-hybridized carbons (Fsp3) is 0.571. The summed E-state index contributed by atoms with van der Waals surface area (Å²) in [6, 6.07) is 16.9. The number of unbranched alkanes of at least 4 members (excludes halogenated alkanes) is 2. The molecule has 242 valence electrons. The zero-order valence-electron chi connectivity index (χ0n) is 27.8. The first-order valence-electron chi connectivity index (χ1n) is 18.8. The number of benzene rings is 3. The molecule has 6 fully saturated rings. The number of fused-ring (bicyclic) bond motifs is 11. The van der Waals surface area contributed by atoms with Gasteiger partial charge in [-0.2, -0.15) is 0 Å². The number of hydrogen-bond acceptors (Lipinski definition) is 4. The average molecular weight is 617 g/mol. The molecule has 3 aromatic rings. The van der Waals surface area contributed by atoms with Crippen molar-refractivity contribution < 1.29 is 9.59 Å². The molecule has 4 heteroatoms. The van der Waals surface area contributed by atoms with Gasteiger partial charge in [-0.25, -0.2) is 0 Å². The molecule has 46 heavy (non-hydrogen) atoms. The molecule has 0 amide bonds. The number of Topliss-reactive ketones (excluding diaryl/α,β-unsaturated/α-hetero) is 2. The molecule has 0 atom stereocenters. The number of rotatable bonds is 12. The van der Waals surface area contributed by atoms with Gasteiger partial charge in [0.15, 0.2) is 11.6 Å². The van der Waals surface area contributed by atoms with Gasteiger partial charge < -0.3 is 9.80 Å². The third-order valence-electron chi connectivity index (χ3n) is 12.5. The first kappa shape index (κ1) is 30.5. The van der Waals surface area contributed by atoms with Gasteiger partial charge >= 0.3 is 0 Å². The van der Waals surface area contributed by atoms with Crippen molar-refractivity contribution >= 4 is 22.3 Å². The van der Waals surface area contributed by atoms with Crippen molar-refractivity contribution in [2.45, 2.75) is 89.9 Å². The minimum absolute atomic E-state index is 0.255. The fourth-order valence-electron chi connectivity index (χ4n) is 9.96. The molecule has 3 aliphatic carbocycles. The van der Waals surface area contributed by atoms with Crippen molar-refractivity contribution in [3.8, 4) is 22.3 Å². The summed E-state index contributed by atoms with van der Waals surface area (Å²) in [6.45, 7) is 7.36. The van der Waals surface area contributed by atoms with E-state index < -0.39 is 0 Å². The Balaban J connectivity index is 0.889. The van der Waals surface area contributed by atoms with Gasteiger partial charge in [-0.15, -0.1) is 0 Å². The number of carbonyl (C=O) groups excluding carboxylic acids is 2. The lowest BCUT2D eigenvalue weighted by Crippen LogP contribution is -2.29. The van der Waals surface area contributed by atoms with Crippen LogP contribution in [0.15, 0.2) is 48.5 Å². The summed E-state index contributed by atoms with van der Waals surface area (Å²) in [4.78, 5) is 32.3. The van der Waals surface area contributed by atoms with E-state index in [1.165, 1.54) is 99.6 Å². The largest absolute Gasteiger partial charge is 0.303 e. The number of nitrogens with zero attached hydrogens (tertiary/aromatic N) is 2. The molecule has 7 aliphatic rings. The predicted octanol–water partition coefficient (Wildman–Crippen LogP) is 9.44. The molecule has 3 aromatic carbocycles. The van der Waals surface area contributed by atoms with Gasteiger partial charge in [-0.1, -0.05) is 42.5 Å². The Kier molecular flexibility index (Phi) is 8.86. The summed E-state index contributed by atoms with van der Waals surface area (Å²) in [5.74, 6) is 4.14. The molecule has 0 N–H and O–H groups in total. The molecular formula is C42H52N2O2. The fourth-order valence-corrected chi connectivity index (χ4v) is 9.96. The summed E-state index contributed by atoms with van der Waals surface area (Å²) in [5, 5.41) is 2.24. The molecule has 10 rings (SSSR count). The Morgan fingerprint density at radius 1 is 0.543 bits per heavy atom. The molecule has 0 radical (unpaired) electrons. The highest BCUT2D eigenvalue weighted by Gasteiger charge is 2.30. The van der Waals surface area contributed by atoms with Crippen molar-refractivity contribution in [2.75, 3.05) is 39.3 Å². The molecule has 0 aromatic heterocycles. The molecule has 0 unspecified atom stereocenters. The van der Waals surface area contributed by atoms with E-state index in [0.29, 0.717) is 12.8 Å². The van der Waals surface area contributed by atoms with E-state index >= 15 is 0 Å². The zero-order valence-corrected chi connectivity index (χ0v) is 27.8. The van der Waals surface area contributed by atoms with Gasteiger partial charge in [0, 0.05) is 50.1 Å². The van der Waals surface area contributed by atoms with E-state index in [2.05, 4.69) is 52.3 Å². The Labute approximate surface area is 275 Å². The van der Waals surface area contributed by atoms with Crippen LogP contribution in [0.1, 0.15) is 111 Å². The minimum Gasteiger partial charge on any atom is -0.303 e. The van der Waals surface area contributed by atoms with Gasteiger partial charge in [-0.3, -0.25) is 9.59 Å². The van der Waals surface area contributed by atoms with Crippen molar-refractivity contribution in [3.63, 3.8) is 0 Å². The molecule has 4 aliphatic heterocycles. The maximum absolute atomic E-state index is 13.6. The maximum Gasteiger partial charge on any atom is 0.163 e. The first-order chi connectivity index (χ1) is 22.6. The van der Waals surface area contributed by atoms with Crippen LogP contribution in [0.4, 0.5) is 0 Å². The summed E-state index contributed by atoms with van der Waals surface area (Å²) in [6.07, 6.45) is 16.7. The monoisotopic (exact) mass is 616 g/mol. The lowest BCUT2D eigenvalue weighted by molar-refractivity contribution is 0.0970. The number of carbonyl (C=O) groups is 2. The predicted molar refractivity (Wildman–Crippen MR) is 189 cm³/mol. The molecule has 2 saturated carbocycles. The lowest BCUT2D eigenvalue weighted by Gasteiger charge is -2.22. The van der Waals surface area contributed by atoms with Crippen LogP contribution in [0.5, 0.6) is 0 Å². The smallest absolute Gasteiger partial charge is 0.163 e. The number of ketones is 2. The van der Waals surface area contributed by atoms with Crippen molar-refractivity contribution in [3.05, 3.63) is 59.7 Å². The second-order valence-electron chi connectivity index (χ2n) is 15.7. The van der Waals surface area contributed by atoms with E-state index in [9.17, 15) is 9.59 Å². The van der Waals surface area contributed by atoms with Gasteiger partial charge in [0.2, 0.25) is 0 Å². The maximum atomic E-state index is 13.6. The summed E-state index contributed by atoms with van der Waals surface area (Å²) in [5.41, 5.74) is 6.36. The average Bonchev–Trinajstić information content (AvgIpc) is 3.41. The first-order valence-corrected chi connectivity index (χ1v) is 18.8. The summed E-state index contributed by atoms with van der Waals surface area (Å²) >= 11 is 0. The van der Waals surface area contributed by atoms with Gasteiger partial charge in [-0.05, 0) is 153 Å². The van der Waals surface area contributed by atoms with Crippen LogP contribution < -0.4 is 0 Å². The highest BCUT2D eigenvalue weighted by Crippen LogP contribution is 2.48. The van der Waals surface area contributed by atoms with Crippen molar-refractivity contribution in [1.82, 2.24) is 9.80 Å². The van der Waals surface area contributed by atoms with Crippen molar-refractivity contribution in [1.29, 1.82) is 0 Å². The lowest BCUT2D eigenvalue weighted by atomic mass is 9.84. The summed E-state index contributed by atoms with van der Waals surface area (Å²) in [7, 11) is 0. The van der Waals surface area contributed by atoms with Crippen LogP contribution in [-0.4, -0.2) is 60.6 Å². The Bertz CT molecular complexity index is 1560. The van der Waals surface area contributed by atoms with E-state index in [1.807, 2.05) is 6.07 Å². The van der Waals surface area contributed by atoms with Crippen LogP contribution >= 0.6 is 0 Å².